The SMILES string of the molecule is CCCCCCCCCCCN=C(N(C)C)N(C)C[Si](C)C. The summed E-state index contributed by atoms with van der Waals surface area (Å²) < 4.78 is 0. The van der Waals surface area contributed by atoms with Crippen molar-refractivity contribution >= 4 is 14.8 Å². The molecule has 0 saturated carbocycles. The highest BCUT2D eigenvalue weighted by molar-refractivity contribution is 6.56. The third kappa shape index (κ3) is 12.1. The first-order valence-electron chi connectivity index (χ1n) is 9.21. The van der Waals surface area contributed by atoms with E-state index in [1.54, 1.807) is 0 Å². The molecule has 0 bridgehead atoms. The lowest BCUT2D eigenvalue weighted by Gasteiger charge is -2.27. The van der Waals surface area contributed by atoms with E-state index >= 15 is 0 Å². The zero-order valence-corrected chi connectivity index (χ0v) is 17.1. The Bertz CT molecular complexity index is 278. The number of rotatable bonds is 12. The highest BCUT2D eigenvalue weighted by Gasteiger charge is 2.10. The monoisotopic (exact) mass is 326 g/mol. The second kappa shape index (κ2) is 14.1. The minimum atomic E-state index is -0.244. The van der Waals surface area contributed by atoms with Crippen molar-refractivity contribution in [1.29, 1.82) is 0 Å². The van der Waals surface area contributed by atoms with E-state index in [0.717, 1.165) is 12.5 Å². The Kier molecular flexibility index (Phi) is 13.8. The quantitative estimate of drug-likeness (QED) is 0.225. The highest BCUT2D eigenvalue weighted by Crippen LogP contribution is 2.09. The maximum Gasteiger partial charge on any atom is 0.195 e. The fraction of sp³-hybridized carbons (Fsp3) is 0.944. The van der Waals surface area contributed by atoms with Crippen molar-refractivity contribution < 1.29 is 0 Å². The molecule has 4 heteroatoms. The van der Waals surface area contributed by atoms with Gasteiger partial charge in [-0.3, -0.25) is 4.99 Å². The van der Waals surface area contributed by atoms with Crippen LogP contribution in [-0.2, 0) is 0 Å². The lowest BCUT2D eigenvalue weighted by Crippen LogP contribution is -2.42. The molecule has 3 nitrogen and oxygen atoms in total. The van der Waals surface area contributed by atoms with Crippen LogP contribution in [0.5, 0.6) is 0 Å². The molecule has 0 aromatic heterocycles. The Morgan fingerprint density at radius 3 is 1.77 bits per heavy atom. The minimum Gasteiger partial charge on any atom is -0.349 e. The van der Waals surface area contributed by atoms with Crippen molar-refractivity contribution in [3.63, 3.8) is 0 Å². The summed E-state index contributed by atoms with van der Waals surface area (Å²) in [5.74, 6) is 1.14. The first kappa shape index (κ1) is 21.5. The van der Waals surface area contributed by atoms with Crippen LogP contribution in [0.1, 0.15) is 64.7 Å². The molecule has 0 rings (SSSR count). The Hall–Kier alpha value is -0.513. The highest BCUT2D eigenvalue weighted by atomic mass is 28.3. The third-order valence-corrected chi connectivity index (χ3v) is 4.92. The van der Waals surface area contributed by atoms with Crippen molar-refractivity contribution in [3.8, 4) is 0 Å². The van der Waals surface area contributed by atoms with Gasteiger partial charge in [-0.25, -0.2) is 0 Å². The predicted molar refractivity (Wildman–Crippen MR) is 103 cm³/mol. The zero-order valence-electron chi connectivity index (χ0n) is 16.1. The standard InChI is InChI=1S/C18H40N3Si/c1-7-8-9-10-11-12-13-14-15-16-19-18(20(2)3)21(4)17-22(5)6/h7-17H2,1-6H3. The van der Waals surface area contributed by atoms with E-state index in [1.165, 1.54) is 64.0 Å². The van der Waals surface area contributed by atoms with Gasteiger partial charge in [0.05, 0.1) is 8.80 Å². The number of unbranched alkanes of at least 4 members (excludes halogenated alkanes) is 8. The van der Waals surface area contributed by atoms with Gasteiger partial charge in [-0.1, -0.05) is 71.4 Å². The van der Waals surface area contributed by atoms with Gasteiger partial charge in [-0.05, 0) is 6.42 Å². The van der Waals surface area contributed by atoms with Crippen LogP contribution in [0.25, 0.3) is 0 Å². The van der Waals surface area contributed by atoms with Gasteiger partial charge in [-0.15, -0.1) is 0 Å². The maximum atomic E-state index is 4.82. The van der Waals surface area contributed by atoms with Crippen molar-refractivity contribution in [1.82, 2.24) is 9.80 Å². The van der Waals surface area contributed by atoms with Gasteiger partial charge in [-0.2, -0.15) is 0 Å². The largest absolute Gasteiger partial charge is 0.349 e. The lowest BCUT2D eigenvalue weighted by atomic mass is 10.1. The number of aliphatic imine (C=N–C) groups is 1. The molecule has 0 aliphatic heterocycles. The summed E-state index contributed by atoms with van der Waals surface area (Å²) in [6.45, 7) is 7.97. The summed E-state index contributed by atoms with van der Waals surface area (Å²) in [6.07, 6.45) is 13.6. The molecule has 0 amide bonds. The average molecular weight is 327 g/mol. The number of hydrogen-bond acceptors (Lipinski definition) is 1. The molecule has 131 valence electrons. The fourth-order valence-electron chi connectivity index (χ4n) is 2.75. The first-order chi connectivity index (χ1) is 10.5. The van der Waals surface area contributed by atoms with Gasteiger partial charge in [0.15, 0.2) is 5.96 Å². The smallest absolute Gasteiger partial charge is 0.195 e. The summed E-state index contributed by atoms with van der Waals surface area (Å²) in [5.41, 5.74) is 0. The van der Waals surface area contributed by atoms with Gasteiger partial charge in [0.1, 0.15) is 0 Å². The molecule has 0 heterocycles. The van der Waals surface area contributed by atoms with Gasteiger partial charge < -0.3 is 9.80 Å². The van der Waals surface area contributed by atoms with Crippen molar-refractivity contribution in [2.45, 2.75) is 77.8 Å². The molecule has 0 saturated heterocycles. The molecule has 0 fully saturated rings. The minimum absolute atomic E-state index is 0.244. The summed E-state index contributed by atoms with van der Waals surface area (Å²) in [6, 6.07) is 0. The van der Waals surface area contributed by atoms with Gasteiger partial charge >= 0.3 is 0 Å². The van der Waals surface area contributed by atoms with Gasteiger partial charge in [0, 0.05) is 33.9 Å². The Labute approximate surface area is 141 Å². The van der Waals surface area contributed by atoms with E-state index in [0.29, 0.717) is 0 Å². The zero-order chi connectivity index (χ0) is 16.8. The molecular weight excluding hydrogens is 286 g/mol. The van der Waals surface area contributed by atoms with E-state index in [1.807, 2.05) is 0 Å². The average Bonchev–Trinajstić information content (AvgIpc) is 2.43. The van der Waals surface area contributed by atoms with Gasteiger partial charge in [0.2, 0.25) is 0 Å². The molecule has 0 unspecified atom stereocenters. The molecule has 0 aliphatic rings. The number of hydrogen-bond donors (Lipinski definition) is 0. The van der Waals surface area contributed by atoms with Crippen molar-refractivity contribution in [2.75, 3.05) is 33.9 Å². The van der Waals surface area contributed by atoms with Crippen LogP contribution < -0.4 is 0 Å². The molecule has 0 aromatic carbocycles. The number of nitrogens with zero attached hydrogens (tertiary/aromatic N) is 3. The summed E-state index contributed by atoms with van der Waals surface area (Å²) in [4.78, 5) is 9.29. The second-order valence-electron chi connectivity index (χ2n) is 6.97. The van der Waals surface area contributed by atoms with Crippen LogP contribution >= 0.6 is 0 Å². The molecule has 1 radical (unpaired) electrons. The Morgan fingerprint density at radius 2 is 1.32 bits per heavy atom. The fourth-order valence-corrected chi connectivity index (χ4v) is 3.84. The molecule has 0 N–H and O–H groups in total. The first-order valence-corrected chi connectivity index (χ1v) is 11.9. The van der Waals surface area contributed by atoms with Crippen LogP contribution in [-0.4, -0.2) is 58.4 Å². The summed E-state index contributed by atoms with van der Waals surface area (Å²) >= 11 is 0. The maximum absolute atomic E-state index is 4.82. The van der Waals surface area contributed by atoms with Crippen LogP contribution in [0.15, 0.2) is 4.99 Å². The van der Waals surface area contributed by atoms with Gasteiger partial charge in [0.25, 0.3) is 0 Å². The third-order valence-electron chi connectivity index (χ3n) is 3.81. The predicted octanol–water partition coefficient (Wildman–Crippen LogP) is 4.66. The van der Waals surface area contributed by atoms with E-state index < -0.39 is 0 Å². The Balaban J connectivity index is 3.78. The topological polar surface area (TPSA) is 18.8 Å². The van der Waals surface area contributed by atoms with Crippen molar-refractivity contribution in [3.05, 3.63) is 0 Å². The van der Waals surface area contributed by atoms with E-state index in [4.69, 9.17) is 4.99 Å². The molecule has 0 atom stereocenters. The molecule has 0 spiro atoms. The number of guanidine groups is 1. The van der Waals surface area contributed by atoms with Crippen LogP contribution in [0.2, 0.25) is 13.1 Å². The molecule has 22 heavy (non-hydrogen) atoms. The second-order valence-corrected chi connectivity index (χ2v) is 9.70. The van der Waals surface area contributed by atoms with E-state index in [2.05, 4.69) is 51.0 Å². The Morgan fingerprint density at radius 1 is 0.818 bits per heavy atom. The molecule has 0 aromatic rings. The van der Waals surface area contributed by atoms with E-state index in [-0.39, 0.29) is 8.80 Å². The normalized spacial score (nSPS) is 12.0. The lowest BCUT2D eigenvalue weighted by molar-refractivity contribution is 0.461. The summed E-state index contributed by atoms with van der Waals surface area (Å²) in [7, 11) is 6.13. The van der Waals surface area contributed by atoms with E-state index in [9.17, 15) is 0 Å². The van der Waals surface area contributed by atoms with Crippen LogP contribution in [0, 0.1) is 0 Å². The van der Waals surface area contributed by atoms with Crippen LogP contribution in [0.4, 0.5) is 0 Å². The van der Waals surface area contributed by atoms with Crippen LogP contribution in [0.3, 0.4) is 0 Å². The molecule has 0 aliphatic carbocycles. The van der Waals surface area contributed by atoms with Crippen molar-refractivity contribution in [2.24, 2.45) is 4.99 Å². The molecular formula is C18H40N3Si. The summed E-state index contributed by atoms with van der Waals surface area (Å²) in [5, 5.41) is 0.